The number of carboxylic acid groups (broad SMARTS) is 1. The molecular weight excluding hydrogens is 266 g/mol. The van der Waals surface area contributed by atoms with Gasteiger partial charge in [-0.15, -0.1) is 0 Å². The van der Waals surface area contributed by atoms with Crippen LogP contribution in [0, 0.1) is 5.41 Å². The van der Waals surface area contributed by atoms with E-state index in [0.29, 0.717) is 11.0 Å². The predicted molar refractivity (Wildman–Crippen MR) is 82.9 cm³/mol. The lowest BCUT2D eigenvalue weighted by molar-refractivity contribution is 0.0696. The average molecular weight is 291 g/mol. The fourth-order valence-corrected chi connectivity index (χ4v) is 2.88. The van der Waals surface area contributed by atoms with Gasteiger partial charge in [-0.1, -0.05) is 20.3 Å². The molecule has 0 atom stereocenters. The van der Waals surface area contributed by atoms with E-state index in [-0.39, 0.29) is 0 Å². The minimum atomic E-state index is -0.892. The van der Waals surface area contributed by atoms with Crippen LogP contribution in [0.5, 0.6) is 5.75 Å². The number of methoxy groups -OCH3 is 1. The van der Waals surface area contributed by atoms with Crippen molar-refractivity contribution < 1.29 is 14.6 Å². The molecule has 1 aliphatic heterocycles. The Kier molecular flexibility index (Phi) is 4.88. The molecule has 116 valence electrons. The first kappa shape index (κ1) is 15.8. The minimum Gasteiger partial charge on any atom is -0.496 e. The first-order valence-electron chi connectivity index (χ1n) is 7.60. The van der Waals surface area contributed by atoms with Crippen molar-refractivity contribution in [2.75, 3.05) is 20.2 Å². The molecule has 0 radical (unpaired) electrons. The first-order chi connectivity index (χ1) is 9.97. The molecule has 0 aromatic heterocycles. The van der Waals surface area contributed by atoms with Crippen molar-refractivity contribution >= 4 is 5.97 Å². The van der Waals surface area contributed by atoms with Crippen LogP contribution in [0.1, 0.15) is 49.0 Å². The largest absolute Gasteiger partial charge is 0.496 e. The first-order valence-corrected chi connectivity index (χ1v) is 7.60. The maximum atomic E-state index is 11.1. The maximum absolute atomic E-state index is 11.1. The maximum Gasteiger partial charge on any atom is 0.335 e. The highest BCUT2D eigenvalue weighted by molar-refractivity contribution is 5.88. The molecule has 2 rings (SSSR count). The molecule has 0 spiro atoms. The summed E-state index contributed by atoms with van der Waals surface area (Å²) >= 11 is 0. The van der Waals surface area contributed by atoms with E-state index in [1.807, 2.05) is 0 Å². The third-order valence-corrected chi connectivity index (χ3v) is 4.84. The Balaban J connectivity index is 2.09. The van der Waals surface area contributed by atoms with Gasteiger partial charge in [-0.3, -0.25) is 4.90 Å². The third kappa shape index (κ3) is 3.76. The van der Waals surface area contributed by atoms with Crippen LogP contribution in [0.15, 0.2) is 18.2 Å². The lowest BCUT2D eigenvalue weighted by Crippen LogP contribution is -2.38. The van der Waals surface area contributed by atoms with Crippen molar-refractivity contribution in [3.63, 3.8) is 0 Å². The summed E-state index contributed by atoms with van der Waals surface area (Å²) in [6, 6.07) is 5.07. The molecule has 21 heavy (non-hydrogen) atoms. The van der Waals surface area contributed by atoms with E-state index < -0.39 is 5.97 Å². The Labute approximate surface area is 126 Å². The van der Waals surface area contributed by atoms with E-state index in [1.54, 1.807) is 25.3 Å². The number of rotatable bonds is 5. The number of nitrogens with zero attached hydrogens (tertiary/aromatic N) is 1. The molecule has 0 unspecified atom stereocenters. The molecule has 0 aliphatic carbocycles. The van der Waals surface area contributed by atoms with Gasteiger partial charge in [-0.25, -0.2) is 4.79 Å². The molecule has 1 heterocycles. The normalized spacial score (nSPS) is 18.4. The fraction of sp³-hybridized carbons (Fsp3) is 0.588. The van der Waals surface area contributed by atoms with Crippen LogP contribution in [0.3, 0.4) is 0 Å². The van der Waals surface area contributed by atoms with Crippen molar-refractivity contribution in [1.29, 1.82) is 0 Å². The second-order valence-corrected chi connectivity index (χ2v) is 6.27. The molecule has 1 N–H and O–H groups in total. The summed E-state index contributed by atoms with van der Waals surface area (Å²) < 4.78 is 5.36. The van der Waals surface area contributed by atoms with Crippen LogP contribution in [-0.2, 0) is 6.54 Å². The van der Waals surface area contributed by atoms with Gasteiger partial charge < -0.3 is 9.84 Å². The Hall–Kier alpha value is -1.55. The van der Waals surface area contributed by atoms with Crippen molar-refractivity contribution in [3.05, 3.63) is 29.3 Å². The van der Waals surface area contributed by atoms with Crippen LogP contribution in [0.25, 0.3) is 0 Å². The topological polar surface area (TPSA) is 49.8 Å². The van der Waals surface area contributed by atoms with Crippen molar-refractivity contribution in [2.24, 2.45) is 5.41 Å². The molecule has 1 aromatic carbocycles. The fourth-order valence-electron chi connectivity index (χ4n) is 2.88. The number of hydrogen-bond acceptors (Lipinski definition) is 3. The summed E-state index contributed by atoms with van der Waals surface area (Å²) in [6.45, 7) is 7.49. The van der Waals surface area contributed by atoms with Crippen LogP contribution in [0.2, 0.25) is 0 Å². The third-order valence-electron chi connectivity index (χ3n) is 4.84. The quantitative estimate of drug-likeness (QED) is 0.903. The van der Waals surface area contributed by atoms with Gasteiger partial charge >= 0.3 is 5.97 Å². The van der Waals surface area contributed by atoms with Crippen LogP contribution < -0.4 is 4.74 Å². The monoisotopic (exact) mass is 291 g/mol. The predicted octanol–water partition coefficient (Wildman–Crippen LogP) is 3.41. The van der Waals surface area contributed by atoms with E-state index >= 15 is 0 Å². The molecule has 4 heteroatoms. The number of benzene rings is 1. The second-order valence-electron chi connectivity index (χ2n) is 6.27. The lowest BCUT2D eigenvalue weighted by Gasteiger charge is -2.39. The molecule has 0 amide bonds. The van der Waals surface area contributed by atoms with E-state index in [4.69, 9.17) is 9.84 Å². The zero-order valence-electron chi connectivity index (χ0n) is 13.2. The van der Waals surface area contributed by atoms with E-state index in [0.717, 1.165) is 30.9 Å². The Morgan fingerprint density at radius 2 is 2.05 bits per heavy atom. The molecule has 1 aromatic rings. The number of hydrogen-bond donors (Lipinski definition) is 1. The van der Waals surface area contributed by atoms with Gasteiger partial charge in [-0.2, -0.15) is 0 Å². The number of ether oxygens (including phenoxy) is 1. The highest BCUT2D eigenvalue weighted by Gasteiger charge is 2.28. The lowest BCUT2D eigenvalue weighted by atomic mass is 9.78. The molecule has 0 bridgehead atoms. The van der Waals surface area contributed by atoms with E-state index in [1.165, 1.54) is 19.3 Å². The molecule has 1 aliphatic rings. The van der Waals surface area contributed by atoms with Crippen LogP contribution in [0.4, 0.5) is 0 Å². The molecule has 0 saturated carbocycles. The van der Waals surface area contributed by atoms with Gasteiger partial charge in [-0.05, 0) is 49.5 Å². The van der Waals surface area contributed by atoms with Gasteiger partial charge in [0.2, 0.25) is 0 Å². The smallest absolute Gasteiger partial charge is 0.335 e. The van der Waals surface area contributed by atoms with Crippen LogP contribution in [-0.4, -0.2) is 36.2 Å². The van der Waals surface area contributed by atoms with Crippen molar-refractivity contribution in [1.82, 2.24) is 4.90 Å². The van der Waals surface area contributed by atoms with Crippen molar-refractivity contribution in [2.45, 2.75) is 39.7 Å². The van der Waals surface area contributed by atoms with Crippen molar-refractivity contribution in [3.8, 4) is 5.75 Å². The summed E-state index contributed by atoms with van der Waals surface area (Å²) in [7, 11) is 1.63. The summed E-state index contributed by atoms with van der Waals surface area (Å²) in [5, 5.41) is 9.12. The number of likely N-dealkylation sites (tertiary alicyclic amines) is 1. The Morgan fingerprint density at radius 3 is 2.57 bits per heavy atom. The van der Waals surface area contributed by atoms with Gasteiger partial charge in [0.1, 0.15) is 5.75 Å². The van der Waals surface area contributed by atoms with E-state index in [2.05, 4.69) is 18.7 Å². The number of aromatic carboxylic acids is 1. The highest BCUT2D eigenvalue weighted by atomic mass is 16.5. The number of carbonyl (C=O) groups is 1. The SMILES string of the molecule is CCC1(C)CCN(Cc2cc(C(=O)O)ccc2OC)CC1. The Bertz CT molecular complexity index is 505. The highest BCUT2D eigenvalue weighted by Crippen LogP contribution is 2.35. The molecule has 1 fully saturated rings. The number of piperidine rings is 1. The summed E-state index contributed by atoms with van der Waals surface area (Å²) in [6.07, 6.45) is 3.62. The van der Waals surface area contributed by atoms with Gasteiger partial charge in [0.15, 0.2) is 0 Å². The molecular formula is C17H25NO3. The molecule has 4 nitrogen and oxygen atoms in total. The number of carboxylic acids is 1. The minimum absolute atomic E-state index is 0.321. The Morgan fingerprint density at radius 1 is 1.38 bits per heavy atom. The molecule has 1 saturated heterocycles. The van der Waals surface area contributed by atoms with E-state index in [9.17, 15) is 4.79 Å². The zero-order valence-corrected chi connectivity index (χ0v) is 13.2. The van der Waals surface area contributed by atoms with Crippen LogP contribution >= 0.6 is 0 Å². The standard InChI is InChI=1S/C17H25NO3/c1-4-17(2)7-9-18(10-8-17)12-14-11-13(16(19)20)5-6-15(14)21-3/h5-6,11H,4,7-10,12H2,1-3H3,(H,19,20). The van der Waals surface area contributed by atoms with Gasteiger partial charge in [0.25, 0.3) is 0 Å². The summed E-state index contributed by atoms with van der Waals surface area (Å²) in [5.74, 6) is -0.125. The average Bonchev–Trinajstić information content (AvgIpc) is 2.49. The zero-order chi connectivity index (χ0) is 15.5. The summed E-state index contributed by atoms with van der Waals surface area (Å²) in [4.78, 5) is 13.5. The van der Waals surface area contributed by atoms with Gasteiger partial charge in [0.05, 0.1) is 12.7 Å². The second kappa shape index (κ2) is 6.48. The van der Waals surface area contributed by atoms with Gasteiger partial charge in [0, 0.05) is 12.1 Å². The summed E-state index contributed by atoms with van der Waals surface area (Å²) in [5.41, 5.74) is 1.74.